The molecule has 3 N–H and O–H groups in total. The highest BCUT2D eigenvalue weighted by atomic mass is 16.4. The zero-order chi connectivity index (χ0) is 22.3. The maximum Gasteiger partial charge on any atom is 0.304 e. The van der Waals surface area contributed by atoms with E-state index >= 15 is 0 Å². The van der Waals surface area contributed by atoms with Crippen LogP contribution < -0.4 is 10.6 Å². The van der Waals surface area contributed by atoms with Crippen LogP contribution in [0.25, 0.3) is 0 Å². The van der Waals surface area contributed by atoms with Crippen LogP contribution in [0, 0.1) is 5.92 Å². The van der Waals surface area contributed by atoms with Crippen LogP contribution in [0.3, 0.4) is 0 Å². The number of unbranched alkanes of at least 4 members (excludes halogenated alkanes) is 1. The van der Waals surface area contributed by atoms with Crippen LogP contribution in [-0.2, 0) is 19.2 Å². The van der Waals surface area contributed by atoms with Crippen molar-refractivity contribution in [2.24, 2.45) is 5.92 Å². The standard InChI is InChI=1S/C13H22N2O5.C3H8.2C2H6/c1-9(7-12(18)19)13(20)15-8-11(17)14-6-4-3-5-10(2)16;1-3-2;2*1-2/h9H,3-8H2,1-2H3,(H,14,17)(H,15,20)(H,18,19);3H2,1-2H3;2*1-2H3. The fourth-order valence-electron chi connectivity index (χ4n) is 1.49. The lowest BCUT2D eigenvalue weighted by atomic mass is 10.1. The molecule has 7 nitrogen and oxygen atoms in total. The predicted molar refractivity (Wildman–Crippen MR) is 111 cm³/mol. The SMILES string of the molecule is CC.CC.CC(=O)CCCCNC(=O)CNC(=O)C(C)CC(=O)O.CCC. The molecule has 0 heterocycles. The first-order valence-corrected chi connectivity index (χ1v) is 10.00. The summed E-state index contributed by atoms with van der Waals surface area (Å²) in [4.78, 5) is 43.9. The zero-order valence-corrected chi connectivity index (χ0v) is 18.6. The monoisotopic (exact) mass is 390 g/mol. The van der Waals surface area contributed by atoms with Gasteiger partial charge in [-0.2, -0.15) is 0 Å². The average Bonchev–Trinajstić information content (AvgIpc) is 2.62. The van der Waals surface area contributed by atoms with E-state index in [0.717, 1.165) is 6.42 Å². The summed E-state index contributed by atoms with van der Waals surface area (Å²) in [5.41, 5.74) is 0. The number of amides is 2. The second kappa shape index (κ2) is 26.3. The molecule has 0 aromatic rings. The third-order valence-corrected chi connectivity index (χ3v) is 2.63. The molecule has 1 unspecified atom stereocenters. The van der Waals surface area contributed by atoms with Crippen molar-refractivity contribution in [3.05, 3.63) is 0 Å². The first kappa shape index (κ1) is 32.7. The molecule has 27 heavy (non-hydrogen) atoms. The van der Waals surface area contributed by atoms with Gasteiger partial charge in [0.2, 0.25) is 11.8 Å². The molecule has 1 atom stereocenters. The van der Waals surface area contributed by atoms with Crippen molar-refractivity contribution in [1.82, 2.24) is 10.6 Å². The molecule has 0 rings (SSSR count). The van der Waals surface area contributed by atoms with E-state index in [1.807, 2.05) is 27.7 Å². The van der Waals surface area contributed by atoms with Gasteiger partial charge >= 0.3 is 5.97 Å². The zero-order valence-electron chi connectivity index (χ0n) is 18.6. The molecular weight excluding hydrogens is 348 g/mol. The summed E-state index contributed by atoms with van der Waals surface area (Å²) in [6.07, 6.45) is 2.91. The number of ketones is 1. The Labute approximate surface area is 165 Å². The van der Waals surface area contributed by atoms with Gasteiger partial charge in [-0.05, 0) is 19.8 Å². The maximum atomic E-state index is 11.4. The molecule has 0 aromatic heterocycles. The van der Waals surface area contributed by atoms with E-state index in [4.69, 9.17) is 5.11 Å². The number of carbonyl (C=O) groups is 4. The van der Waals surface area contributed by atoms with E-state index < -0.39 is 17.8 Å². The Morgan fingerprint density at radius 1 is 0.926 bits per heavy atom. The number of carboxylic acid groups (broad SMARTS) is 1. The summed E-state index contributed by atoms with van der Waals surface area (Å²) in [6, 6.07) is 0. The van der Waals surface area contributed by atoms with Gasteiger partial charge in [-0.3, -0.25) is 14.4 Å². The Hall–Kier alpha value is -1.92. The van der Waals surface area contributed by atoms with Gasteiger partial charge in [0.1, 0.15) is 5.78 Å². The Morgan fingerprint density at radius 2 is 1.41 bits per heavy atom. The van der Waals surface area contributed by atoms with E-state index in [0.29, 0.717) is 19.4 Å². The van der Waals surface area contributed by atoms with E-state index in [1.54, 1.807) is 0 Å². The Balaban J connectivity index is -0.000000331. The van der Waals surface area contributed by atoms with Gasteiger partial charge in [-0.15, -0.1) is 0 Å². The first-order valence-electron chi connectivity index (χ1n) is 10.00. The fourth-order valence-corrected chi connectivity index (χ4v) is 1.49. The van der Waals surface area contributed by atoms with Crippen molar-refractivity contribution < 1.29 is 24.3 Å². The van der Waals surface area contributed by atoms with Crippen LogP contribution in [0.5, 0.6) is 0 Å². The molecule has 0 aliphatic rings. The van der Waals surface area contributed by atoms with Crippen molar-refractivity contribution >= 4 is 23.6 Å². The lowest BCUT2D eigenvalue weighted by molar-refractivity contribution is -0.140. The number of hydrogen-bond donors (Lipinski definition) is 3. The summed E-state index contributed by atoms with van der Waals surface area (Å²) < 4.78 is 0. The minimum absolute atomic E-state index is 0.121. The molecule has 7 heteroatoms. The van der Waals surface area contributed by atoms with Crippen LogP contribution in [0.2, 0.25) is 0 Å². The van der Waals surface area contributed by atoms with E-state index in [2.05, 4.69) is 24.5 Å². The number of aliphatic carboxylic acids is 1. The van der Waals surface area contributed by atoms with E-state index in [9.17, 15) is 19.2 Å². The van der Waals surface area contributed by atoms with Crippen LogP contribution in [0.1, 0.15) is 87.5 Å². The number of rotatable bonds is 10. The lowest BCUT2D eigenvalue weighted by Crippen LogP contribution is -2.39. The largest absolute Gasteiger partial charge is 0.481 e. The third kappa shape index (κ3) is 32.2. The van der Waals surface area contributed by atoms with Crippen LogP contribution >= 0.6 is 0 Å². The molecule has 0 saturated carbocycles. The summed E-state index contributed by atoms with van der Waals surface area (Å²) >= 11 is 0. The molecule has 0 radical (unpaired) electrons. The van der Waals surface area contributed by atoms with Crippen LogP contribution in [-0.4, -0.2) is 41.8 Å². The maximum absolute atomic E-state index is 11.4. The molecule has 0 spiro atoms. The molecule has 0 aliphatic heterocycles. The van der Waals surface area contributed by atoms with Crippen molar-refractivity contribution in [1.29, 1.82) is 0 Å². The lowest BCUT2D eigenvalue weighted by Gasteiger charge is -2.10. The van der Waals surface area contributed by atoms with Gasteiger partial charge in [0.05, 0.1) is 13.0 Å². The molecular formula is C20H42N2O5. The summed E-state index contributed by atoms with van der Waals surface area (Å²) in [5, 5.41) is 13.5. The van der Waals surface area contributed by atoms with E-state index in [-0.39, 0.29) is 24.7 Å². The predicted octanol–water partition coefficient (Wildman–Crippen LogP) is 3.56. The average molecular weight is 391 g/mol. The van der Waals surface area contributed by atoms with Crippen LogP contribution in [0.15, 0.2) is 0 Å². The summed E-state index contributed by atoms with van der Waals surface area (Å²) in [6.45, 7) is 15.5. The molecule has 0 bridgehead atoms. The Kier molecular flexibility index (Phi) is 31.9. The Bertz CT molecular complexity index is 385. The summed E-state index contributed by atoms with van der Waals surface area (Å²) in [5.74, 6) is -2.39. The Morgan fingerprint density at radius 3 is 1.81 bits per heavy atom. The molecule has 2 amide bonds. The van der Waals surface area contributed by atoms with Gasteiger partial charge in [-0.1, -0.05) is 54.9 Å². The number of nitrogens with one attached hydrogen (secondary N) is 2. The topological polar surface area (TPSA) is 113 Å². The second-order valence-electron chi connectivity index (χ2n) is 5.43. The highest BCUT2D eigenvalue weighted by molar-refractivity contribution is 5.87. The molecule has 0 aliphatic carbocycles. The van der Waals surface area contributed by atoms with Crippen molar-refractivity contribution in [2.75, 3.05) is 13.1 Å². The highest BCUT2D eigenvalue weighted by Crippen LogP contribution is 2.00. The summed E-state index contributed by atoms with van der Waals surface area (Å²) in [7, 11) is 0. The van der Waals surface area contributed by atoms with Crippen molar-refractivity contribution in [3.8, 4) is 0 Å². The van der Waals surface area contributed by atoms with Gasteiger partial charge in [-0.25, -0.2) is 0 Å². The second-order valence-corrected chi connectivity index (χ2v) is 5.43. The molecule has 0 aromatic carbocycles. The number of hydrogen-bond acceptors (Lipinski definition) is 4. The normalized spacial score (nSPS) is 9.63. The van der Waals surface area contributed by atoms with Gasteiger partial charge in [0, 0.05) is 18.9 Å². The fraction of sp³-hybridized carbons (Fsp3) is 0.800. The van der Waals surface area contributed by atoms with Crippen LogP contribution in [0.4, 0.5) is 0 Å². The quantitative estimate of drug-likeness (QED) is 0.494. The van der Waals surface area contributed by atoms with E-state index in [1.165, 1.54) is 20.3 Å². The number of carbonyl (C=O) groups excluding carboxylic acids is 3. The van der Waals surface area contributed by atoms with Crippen molar-refractivity contribution in [2.45, 2.75) is 87.5 Å². The first-order chi connectivity index (χ1) is 12.7. The molecule has 0 fully saturated rings. The smallest absolute Gasteiger partial charge is 0.304 e. The third-order valence-electron chi connectivity index (χ3n) is 2.63. The van der Waals surface area contributed by atoms with Gasteiger partial charge in [0.15, 0.2) is 0 Å². The highest BCUT2D eigenvalue weighted by Gasteiger charge is 2.16. The number of Topliss-reactive ketones (excluding diaryl/α,β-unsaturated/α-hetero) is 1. The number of carboxylic acids is 1. The van der Waals surface area contributed by atoms with Gasteiger partial charge < -0.3 is 20.5 Å². The molecule has 162 valence electrons. The minimum atomic E-state index is -1.05. The van der Waals surface area contributed by atoms with Gasteiger partial charge in [0.25, 0.3) is 0 Å². The van der Waals surface area contributed by atoms with Crippen molar-refractivity contribution in [3.63, 3.8) is 0 Å². The minimum Gasteiger partial charge on any atom is -0.481 e. The molecule has 0 saturated heterocycles.